The Morgan fingerprint density at radius 1 is 1.05 bits per heavy atom. The van der Waals surface area contributed by atoms with Gasteiger partial charge in [-0.2, -0.15) is 0 Å². The van der Waals surface area contributed by atoms with E-state index < -0.39 is 124 Å². The van der Waals surface area contributed by atoms with Gasteiger partial charge in [-0.1, -0.05) is 39.0 Å². The maximum absolute atomic E-state index is 15.4. The third-order valence-electron chi connectivity index (χ3n) is 15.0. The van der Waals surface area contributed by atoms with Crippen LogP contribution in [0.25, 0.3) is 0 Å². The third kappa shape index (κ3) is 8.19. The van der Waals surface area contributed by atoms with Gasteiger partial charge in [-0.25, -0.2) is 18.8 Å². The van der Waals surface area contributed by atoms with Crippen molar-refractivity contribution in [3.05, 3.63) is 76.9 Å². The first-order valence-electron chi connectivity index (χ1n) is 22.7. The van der Waals surface area contributed by atoms with Gasteiger partial charge in [-0.3, -0.25) is 14.7 Å². The molecule has 2 bridgehead atoms. The molecule has 1 aromatic carbocycles. The summed E-state index contributed by atoms with van der Waals surface area (Å²) in [6.45, 7) is 14.3. The number of alkyl carbamates (subject to hydrolysis) is 1. The maximum atomic E-state index is 15.4. The SMILES string of the molecule is CC(=O)O[C@@]12CO[C@@H]1CC[C@@]1(C)[C@@H]3O[C@H](CN4CC[C@H]4CO)O[C@@H]3C3=C(C)[C@@H](OC(=O)[C@H](O)[C@@H](NC(=O)OC(C)(C)C)c4ncccc4F)C[C@@](O)([C@@H](OC(=O)c4ccccc4)[C@@H]12)C3(C)C. The minimum absolute atomic E-state index is 0.0511. The van der Waals surface area contributed by atoms with Crippen molar-refractivity contribution in [1.29, 1.82) is 0 Å². The largest absolute Gasteiger partial charge is 0.456 e. The number of esters is 3. The fraction of sp³-hybridized carbons (Fsp3) is 0.646. The van der Waals surface area contributed by atoms with Gasteiger partial charge < -0.3 is 53.8 Å². The van der Waals surface area contributed by atoms with Gasteiger partial charge in [0.15, 0.2) is 18.0 Å². The molecule has 5 fully saturated rings. The van der Waals surface area contributed by atoms with Crippen LogP contribution in [-0.2, 0) is 42.7 Å². The average molecular weight is 924 g/mol. The Kier molecular flexibility index (Phi) is 12.7. The first kappa shape index (κ1) is 47.9. The summed E-state index contributed by atoms with van der Waals surface area (Å²) in [5.41, 5.74) is -6.35. The summed E-state index contributed by atoms with van der Waals surface area (Å²) in [4.78, 5) is 61.3. The molecule has 3 saturated heterocycles. The van der Waals surface area contributed by atoms with Gasteiger partial charge >= 0.3 is 24.0 Å². The van der Waals surface area contributed by atoms with Gasteiger partial charge in [0.25, 0.3) is 0 Å². The van der Waals surface area contributed by atoms with Gasteiger partial charge in [-0.05, 0) is 82.4 Å². The summed E-state index contributed by atoms with van der Waals surface area (Å²) in [5, 5.41) is 38.2. The lowest BCUT2D eigenvalue weighted by Crippen LogP contribution is -2.79. The average Bonchev–Trinajstić information content (AvgIpc) is 3.65. The Morgan fingerprint density at radius 2 is 1.77 bits per heavy atom. The lowest BCUT2D eigenvalue weighted by atomic mass is 9.45. The van der Waals surface area contributed by atoms with Crippen molar-refractivity contribution in [1.82, 2.24) is 15.2 Å². The number of pyridine rings is 1. The Labute approximate surface area is 383 Å². The highest BCUT2D eigenvalue weighted by atomic mass is 19.1. The number of fused-ring (bicyclic) bond motifs is 8. The molecule has 3 aliphatic carbocycles. The molecule has 1 amide bonds. The number of carbonyl (C=O) groups excluding carboxylic acids is 4. The summed E-state index contributed by atoms with van der Waals surface area (Å²) in [7, 11) is 0. The monoisotopic (exact) mass is 923 g/mol. The smallest absolute Gasteiger partial charge is 0.408 e. The summed E-state index contributed by atoms with van der Waals surface area (Å²) in [5.74, 6) is -4.64. The number of halogens is 1. The second kappa shape index (κ2) is 17.5. The van der Waals surface area contributed by atoms with E-state index in [2.05, 4.69) is 15.2 Å². The predicted molar refractivity (Wildman–Crippen MR) is 230 cm³/mol. The summed E-state index contributed by atoms with van der Waals surface area (Å²) < 4.78 is 60.1. The third-order valence-corrected chi connectivity index (χ3v) is 15.0. The van der Waals surface area contributed by atoms with Crippen LogP contribution in [-0.4, -0.2) is 141 Å². The van der Waals surface area contributed by atoms with E-state index in [0.717, 1.165) is 12.5 Å². The first-order valence-corrected chi connectivity index (χ1v) is 22.7. The standard InChI is InChI=1S/C48H62FN3O14/c1-25-30(61-42(57)36(55)35(34-29(49)15-12-19-50-34)51-43(58)66-44(3,4)5)21-48(59)40(64-41(56)27-13-10-9-11-14-27)38-46(8,18-16-31-47(38,24-60-31)65-26(2)54)39-37(33(25)45(48,6)7)62-32(63-39)22-52-20-17-28(52)23-53/h9-15,19,28,30-32,35-40,53,55,59H,16-18,20-24H2,1-8H3,(H,51,58)/t28-,30-,31+,32+,35-,36+,37+,38-,39+,40-,46+,47-,48+/m0/s1. The fourth-order valence-electron chi connectivity index (χ4n) is 11.6. The van der Waals surface area contributed by atoms with Crippen LogP contribution < -0.4 is 5.32 Å². The van der Waals surface area contributed by atoms with Crippen molar-refractivity contribution in [2.75, 3.05) is 26.3 Å². The molecule has 0 unspecified atom stereocenters. The molecule has 6 aliphatic rings. The van der Waals surface area contributed by atoms with E-state index in [-0.39, 0.29) is 24.8 Å². The topological polar surface area (TPSA) is 222 Å². The van der Waals surface area contributed by atoms with Crippen LogP contribution in [0.2, 0.25) is 0 Å². The van der Waals surface area contributed by atoms with Crippen LogP contribution >= 0.6 is 0 Å². The number of ether oxygens (including phenoxy) is 7. The van der Waals surface area contributed by atoms with E-state index in [1.807, 2.05) is 6.92 Å². The number of hydrogen-bond acceptors (Lipinski definition) is 16. The fourth-order valence-corrected chi connectivity index (χ4v) is 11.6. The van der Waals surface area contributed by atoms with E-state index in [4.69, 9.17) is 33.2 Å². The zero-order valence-electron chi connectivity index (χ0n) is 38.7. The highest BCUT2D eigenvalue weighted by Gasteiger charge is 2.77. The van der Waals surface area contributed by atoms with Crippen LogP contribution in [0.5, 0.6) is 0 Å². The number of likely N-dealkylation sites (tertiary alicyclic amines) is 1. The van der Waals surface area contributed by atoms with Crippen molar-refractivity contribution in [2.45, 2.75) is 153 Å². The van der Waals surface area contributed by atoms with Crippen LogP contribution in [0, 0.1) is 22.6 Å². The molecule has 0 spiro atoms. The molecule has 360 valence electrons. The molecule has 2 aromatic rings. The molecule has 8 rings (SSSR count). The van der Waals surface area contributed by atoms with Gasteiger partial charge in [-0.15, -0.1) is 0 Å². The Bertz CT molecular complexity index is 2240. The molecule has 3 aliphatic heterocycles. The number of benzene rings is 1. The minimum Gasteiger partial charge on any atom is -0.456 e. The molecular weight excluding hydrogens is 862 g/mol. The zero-order chi connectivity index (χ0) is 47.7. The number of rotatable bonds is 11. The van der Waals surface area contributed by atoms with Crippen LogP contribution in [0.1, 0.15) is 103 Å². The molecule has 2 saturated carbocycles. The lowest BCUT2D eigenvalue weighted by Gasteiger charge is -2.68. The zero-order valence-corrected chi connectivity index (χ0v) is 38.7. The van der Waals surface area contributed by atoms with Gasteiger partial charge in [0.2, 0.25) is 0 Å². The van der Waals surface area contributed by atoms with E-state index in [1.165, 1.54) is 19.2 Å². The summed E-state index contributed by atoms with van der Waals surface area (Å²) in [6.07, 6.45) is -7.00. The van der Waals surface area contributed by atoms with Gasteiger partial charge in [0, 0.05) is 49.5 Å². The molecule has 17 nitrogen and oxygen atoms in total. The Morgan fingerprint density at radius 3 is 2.38 bits per heavy atom. The lowest BCUT2D eigenvalue weighted by molar-refractivity contribution is -0.345. The molecule has 18 heteroatoms. The molecule has 4 N–H and O–H groups in total. The molecule has 4 heterocycles. The molecule has 66 heavy (non-hydrogen) atoms. The first-order chi connectivity index (χ1) is 31.0. The summed E-state index contributed by atoms with van der Waals surface area (Å²) >= 11 is 0. The predicted octanol–water partition coefficient (Wildman–Crippen LogP) is 4.07. The summed E-state index contributed by atoms with van der Waals surface area (Å²) in [6, 6.07) is 8.73. The molecule has 13 atom stereocenters. The number of amides is 1. The molecule has 1 aromatic heterocycles. The molecular formula is C48H62FN3O14. The maximum Gasteiger partial charge on any atom is 0.408 e. The number of carbonyl (C=O) groups is 4. The van der Waals surface area contributed by atoms with Crippen molar-refractivity contribution in [3.63, 3.8) is 0 Å². The minimum atomic E-state index is -2.26. The molecule has 0 radical (unpaired) electrons. The van der Waals surface area contributed by atoms with Crippen molar-refractivity contribution in [2.24, 2.45) is 16.7 Å². The quantitative estimate of drug-likeness (QED) is 0.142. The Hall–Kier alpha value is -4.56. The number of aliphatic hydroxyl groups is 3. The number of nitrogens with zero attached hydrogens (tertiary/aromatic N) is 2. The number of nitrogens with one attached hydrogen (secondary N) is 1. The van der Waals surface area contributed by atoms with E-state index in [9.17, 15) is 34.5 Å². The normalized spacial score (nSPS) is 35.5. The van der Waals surface area contributed by atoms with E-state index in [0.29, 0.717) is 37.1 Å². The van der Waals surface area contributed by atoms with Crippen molar-refractivity contribution >= 4 is 24.0 Å². The number of aromatic nitrogens is 1. The van der Waals surface area contributed by atoms with Gasteiger partial charge in [0.1, 0.15) is 53.2 Å². The second-order valence-corrected chi connectivity index (χ2v) is 20.4. The number of aliphatic hydroxyl groups excluding tert-OH is 2. The van der Waals surface area contributed by atoms with Crippen LogP contribution in [0.15, 0.2) is 59.8 Å². The highest BCUT2D eigenvalue weighted by molar-refractivity contribution is 5.89. The van der Waals surface area contributed by atoms with Crippen LogP contribution in [0.3, 0.4) is 0 Å². The van der Waals surface area contributed by atoms with Crippen molar-refractivity contribution < 1.29 is 72.0 Å². The second-order valence-electron chi connectivity index (χ2n) is 20.4. The highest BCUT2D eigenvalue weighted by Crippen LogP contribution is 2.66. The Balaban J connectivity index is 1.27. The van der Waals surface area contributed by atoms with E-state index in [1.54, 1.807) is 71.9 Å². The van der Waals surface area contributed by atoms with Crippen molar-refractivity contribution in [3.8, 4) is 0 Å². The number of hydrogen-bond donors (Lipinski definition) is 4. The van der Waals surface area contributed by atoms with Crippen LogP contribution in [0.4, 0.5) is 9.18 Å². The van der Waals surface area contributed by atoms with Gasteiger partial charge in [0.05, 0.1) is 30.8 Å². The van der Waals surface area contributed by atoms with E-state index >= 15 is 4.39 Å².